The molecule has 1 aromatic carbocycles. The van der Waals surface area contributed by atoms with Crippen LogP contribution in [0.25, 0.3) is 0 Å². The molecule has 0 fully saturated rings. The summed E-state index contributed by atoms with van der Waals surface area (Å²) in [5.41, 5.74) is -2.24. The number of hydrogen-bond donors (Lipinski definition) is 0. The van der Waals surface area contributed by atoms with Crippen molar-refractivity contribution in [1.82, 2.24) is 0 Å². The average Bonchev–Trinajstić information content (AvgIpc) is 2.72. The standard InChI is InChI=1S/C12H10O6/c1-16-10(14)12(11(15)17-2)9(13)7-5-3-4-6-8(7)18-12/h3-6H,1-2H3. The van der Waals surface area contributed by atoms with Crippen molar-refractivity contribution in [2.24, 2.45) is 0 Å². The molecule has 0 atom stereocenters. The van der Waals surface area contributed by atoms with Crippen molar-refractivity contribution in [2.75, 3.05) is 14.2 Å². The first-order valence-electron chi connectivity index (χ1n) is 5.07. The summed E-state index contributed by atoms with van der Waals surface area (Å²) in [6.07, 6.45) is 0. The molecule has 2 rings (SSSR count). The van der Waals surface area contributed by atoms with Gasteiger partial charge in [0.2, 0.25) is 5.78 Å². The van der Waals surface area contributed by atoms with Crippen LogP contribution < -0.4 is 4.74 Å². The maximum atomic E-state index is 12.2. The fourth-order valence-corrected chi connectivity index (χ4v) is 1.78. The number of rotatable bonds is 2. The van der Waals surface area contributed by atoms with Crippen molar-refractivity contribution >= 4 is 17.7 Å². The summed E-state index contributed by atoms with van der Waals surface area (Å²) in [6, 6.07) is 6.17. The normalized spacial score (nSPS) is 15.6. The van der Waals surface area contributed by atoms with Crippen LogP contribution in [0.3, 0.4) is 0 Å². The smallest absolute Gasteiger partial charge is 0.370 e. The third-order valence-electron chi connectivity index (χ3n) is 2.66. The molecular formula is C12H10O6. The highest BCUT2D eigenvalue weighted by atomic mass is 16.6. The Morgan fingerprint density at radius 1 is 1.11 bits per heavy atom. The van der Waals surface area contributed by atoms with E-state index in [-0.39, 0.29) is 11.3 Å². The molecule has 94 valence electrons. The number of esters is 2. The van der Waals surface area contributed by atoms with E-state index in [0.29, 0.717) is 0 Å². The van der Waals surface area contributed by atoms with Crippen LogP contribution in [0.1, 0.15) is 10.4 Å². The van der Waals surface area contributed by atoms with Crippen molar-refractivity contribution in [3.63, 3.8) is 0 Å². The second-order valence-electron chi connectivity index (χ2n) is 3.59. The number of benzene rings is 1. The van der Waals surface area contributed by atoms with E-state index in [0.717, 1.165) is 14.2 Å². The lowest BCUT2D eigenvalue weighted by Crippen LogP contribution is -2.56. The molecule has 1 aliphatic rings. The number of carbonyl (C=O) groups excluding carboxylic acids is 3. The van der Waals surface area contributed by atoms with Crippen molar-refractivity contribution < 1.29 is 28.6 Å². The first kappa shape index (κ1) is 12.1. The fourth-order valence-electron chi connectivity index (χ4n) is 1.78. The van der Waals surface area contributed by atoms with Gasteiger partial charge in [-0.05, 0) is 12.1 Å². The minimum Gasteiger partial charge on any atom is -0.465 e. The zero-order valence-electron chi connectivity index (χ0n) is 9.76. The first-order valence-corrected chi connectivity index (χ1v) is 5.07. The van der Waals surface area contributed by atoms with Crippen LogP contribution in [-0.2, 0) is 19.1 Å². The summed E-state index contributed by atoms with van der Waals surface area (Å²) < 4.78 is 14.2. The number of Topliss-reactive ketones (excluding diaryl/α,β-unsaturated/α-hetero) is 1. The van der Waals surface area contributed by atoms with Crippen LogP contribution in [0.4, 0.5) is 0 Å². The number of ketones is 1. The molecule has 0 N–H and O–H groups in total. The van der Waals surface area contributed by atoms with Gasteiger partial charge >= 0.3 is 17.5 Å². The van der Waals surface area contributed by atoms with Gasteiger partial charge in [-0.3, -0.25) is 4.79 Å². The first-order chi connectivity index (χ1) is 8.57. The highest BCUT2D eigenvalue weighted by Gasteiger charge is 2.62. The molecule has 1 aliphatic heterocycles. The molecule has 6 heteroatoms. The molecule has 18 heavy (non-hydrogen) atoms. The van der Waals surface area contributed by atoms with Gasteiger partial charge in [0, 0.05) is 0 Å². The van der Waals surface area contributed by atoms with Gasteiger partial charge in [0.1, 0.15) is 5.75 Å². The van der Waals surface area contributed by atoms with Crippen LogP contribution in [0.5, 0.6) is 5.75 Å². The Hall–Kier alpha value is -2.37. The van der Waals surface area contributed by atoms with Crippen molar-refractivity contribution in [3.8, 4) is 5.75 Å². The molecule has 0 radical (unpaired) electrons. The average molecular weight is 250 g/mol. The lowest BCUT2D eigenvalue weighted by Gasteiger charge is -2.20. The molecule has 0 aromatic heterocycles. The highest BCUT2D eigenvalue weighted by Crippen LogP contribution is 2.36. The van der Waals surface area contributed by atoms with Crippen LogP contribution in [-0.4, -0.2) is 37.5 Å². The number of ether oxygens (including phenoxy) is 3. The molecule has 0 bridgehead atoms. The van der Waals surface area contributed by atoms with Gasteiger partial charge in [0.25, 0.3) is 0 Å². The molecule has 0 unspecified atom stereocenters. The fraction of sp³-hybridized carbons (Fsp3) is 0.250. The summed E-state index contributed by atoms with van der Waals surface area (Å²) in [6.45, 7) is 0. The number of methoxy groups -OCH3 is 2. The Bertz CT molecular complexity index is 517. The van der Waals surface area contributed by atoms with Crippen LogP contribution in [0.15, 0.2) is 24.3 Å². The molecule has 0 saturated carbocycles. The van der Waals surface area contributed by atoms with Crippen molar-refractivity contribution in [1.29, 1.82) is 0 Å². The molecule has 0 spiro atoms. The minimum absolute atomic E-state index is 0.147. The van der Waals surface area contributed by atoms with Gasteiger partial charge < -0.3 is 14.2 Å². The van der Waals surface area contributed by atoms with E-state index in [2.05, 4.69) is 9.47 Å². The number of carbonyl (C=O) groups is 3. The predicted octanol–water partition coefficient (Wildman–Crippen LogP) is 0.346. The zero-order chi connectivity index (χ0) is 13.3. The number of fused-ring (bicyclic) bond motifs is 1. The van der Waals surface area contributed by atoms with E-state index in [1.165, 1.54) is 12.1 Å². The zero-order valence-corrected chi connectivity index (χ0v) is 9.76. The Balaban J connectivity index is 2.57. The van der Waals surface area contributed by atoms with Crippen LogP contribution >= 0.6 is 0 Å². The molecule has 0 amide bonds. The lowest BCUT2D eigenvalue weighted by molar-refractivity contribution is -0.169. The van der Waals surface area contributed by atoms with Crippen LogP contribution in [0, 0.1) is 0 Å². The predicted molar refractivity (Wildman–Crippen MR) is 58.2 cm³/mol. The van der Waals surface area contributed by atoms with E-state index in [1.807, 2.05) is 0 Å². The Labute approximate surface area is 102 Å². The second-order valence-corrected chi connectivity index (χ2v) is 3.59. The molecule has 0 saturated heterocycles. The van der Waals surface area contributed by atoms with Gasteiger partial charge in [-0.1, -0.05) is 12.1 Å². The molecule has 1 aromatic rings. The highest BCUT2D eigenvalue weighted by molar-refractivity contribution is 6.31. The van der Waals surface area contributed by atoms with Gasteiger partial charge in [-0.15, -0.1) is 0 Å². The molecule has 0 aliphatic carbocycles. The third kappa shape index (κ3) is 1.38. The maximum absolute atomic E-state index is 12.2. The lowest BCUT2D eigenvalue weighted by atomic mass is 9.95. The quantitative estimate of drug-likeness (QED) is 0.556. The number of para-hydroxylation sites is 1. The van der Waals surface area contributed by atoms with E-state index >= 15 is 0 Å². The number of hydrogen-bond acceptors (Lipinski definition) is 6. The minimum atomic E-state index is -2.38. The van der Waals surface area contributed by atoms with E-state index in [4.69, 9.17) is 4.74 Å². The van der Waals surface area contributed by atoms with Crippen LogP contribution in [0.2, 0.25) is 0 Å². The Morgan fingerprint density at radius 3 is 2.17 bits per heavy atom. The molecule has 1 heterocycles. The van der Waals surface area contributed by atoms with E-state index in [9.17, 15) is 14.4 Å². The van der Waals surface area contributed by atoms with E-state index in [1.54, 1.807) is 12.1 Å². The van der Waals surface area contributed by atoms with E-state index < -0.39 is 23.3 Å². The summed E-state index contributed by atoms with van der Waals surface area (Å²) >= 11 is 0. The topological polar surface area (TPSA) is 78.9 Å². The summed E-state index contributed by atoms with van der Waals surface area (Å²) in [7, 11) is 2.12. The Morgan fingerprint density at radius 2 is 1.67 bits per heavy atom. The molecular weight excluding hydrogens is 240 g/mol. The summed E-state index contributed by atoms with van der Waals surface area (Å²) in [5.74, 6) is -2.83. The summed E-state index contributed by atoms with van der Waals surface area (Å²) in [4.78, 5) is 35.7. The van der Waals surface area contributed by atoms with Crippen molar-refractivity contribution in [3.05, 3.63) is 29.8 Å². The molecule has 6 nitrogen and oxygen atoms in total. The van der Waals surface area contributed by atoms with Crippen molar-refractivity contribution in [2.45, 2.75) is 5.60 Å². The SMILES string of the molecule is COC(=O)C1(C(=O)OC)Oc2ccccc2C1=O. The van der Waals surface area contributed by atoms with Gasteiger partial charge in [-0.2, -0.15) is 0 Å². The maximum Gasteiger partial charge on any atom is 0.370 e. The second kappa shape index (κ2) is 4.14. The monoisotopic (exact) mass is 250 g/mol. The van der Waals surface area contributed by atoms with Gasteiger partial charge in [0.05, 0.1) is 19.8 Å². The third-order valence-corrected chi connectivity index (χ3v) is 2.66. The summed E-state index contributed by atoms with van der Waals surface area (Å²) in [5, 5.41) is 0. The van der Waals surface area contributed by atoms with Gasteiger partial charge in [0.15, 0.2) is 0 Å². The Kier molecular flexibility index (Phi) is 2.78. The van der Waals surface area contributed by atoms with Gasteiger partial charge in [-0.25, -0.2) is 9.59 Å². The largest absolute Gasteiger partial charge is 0.465 e.